The highest BCUT2D eigenvalue weighted by Crippen LogP contribution is 2.17. The number of aryl methyl sites for hydroxylation is 1. The van der Waals surface area contributed by atoms with E-state index in [1.807, 2.05) is 24.3 Å². The van der Waals surface area contributed by atoms with Crippen LogP contribution in [0.15, 0.2) is 24.3 Å². The van der Waals surface area contributed by atoms with Crippen molar-refractivity contribution in [3.8, 4) is 0 Å². The molecule has 170 valence electrons. The Morgan fingerprint density at radius 1 is 1.07 bits per heavy atom. The summed E-state index contributed by atoms with van der Waals surface area (Å²) >= 11 is 11.6. The SMILES string of the molecule is O=C[C@@H](NC(=O)CCCc1ccc(N(CCCl)CCCl)cc1)[C@@H](O)[C@H](O)[C@H](O)CO. The van der Waals surface area contributed by atoms with Crippen molar-refractivity contribution in [1.29, 1.82) is 0 Å². The summed E-state index contributed by atoms with van der Waals surface area (Å²) in [6, 6.07) is 6.49. The zero-order valence-electron chi connectivity index (χ0n) is 16.7. The molecule has 30 heavy (non-hydrogen) atoms. The van der Waals surface area contributed by atoms with E-state index in [1.165, 1.54) is 0 Å². The average Bonchev–Trinajstić information content (AvgIpc) is 2.76. The summed E-state index contributed by atoms with van der Waals surface area (Å²) in [7, 11) is 0. The van der Waals surface area contributed by atoms with Gasteiger partial charge >= 0.3 is 0 Å². The van der Waals surface area contributed by atoms with Crippen molar-refractivity contribution in [2.24, 2.45) is 0 Å². The Morgan fingerprint density at radius 3 is 2.17 bits per heavy atom. The molecule has 0 spiro atoms. The van der Waals surface area contributed by atoms with Gasteiger partial charge in [-0.1, -0.05) is 12.1 Å². The van der Waals surface area contributed by atoms with Gasteiger partial charge in [0.2, 0.25) is 5.91 Å². The zero-order chi connectivity index (χ0) is 22.5. The number of hydrogen-bond acceptors (Lipinski definition) is 7. The molecule has 1 aromatic rings. The lowest BCUT2D eigenvalue weighted by Crippen LogP contribution is -2.53. The van der Waals surface area contributed by atoms with E-state index in [2.05, 4.69) is 10.2 Å². The maximum Gasteiger partial charge on any atom is 0.220 e. The molecular weight excluding hydrogens is 435 g/mol. The summed E-state index contributed by atoms with van der Waals surface area (Å²) in [6.07, 6.45) is -3.57. The van der Waals surface area contributed by atoms with E-state index in [9.17, 15) is 24.9 Å². The highest BCUT2D eigenvalue weighted by Gasteiger charge is 2.31. The highest BCUT2D eigenvalue weighted by atomic mass is 35.5. The average molecular weight is 465 g/mol. The Morgan fingerprint density at radius 2 is 1.67 bits per heavy atom. The molecule has 0 aliphatic heterocycles. The van der Waals surface area contributed by atoms with Crippen molar-refractivity contribution in [2.75, 3.05) is 36.4 Å². The second-order valence-electron chi connectivity index (χ2n) is 6.85. The van der Waals surface area contributed by atoms with E-state index < -0.39 is 36.9 Å². The number of nitrogens with zero attached hydrogens (tertiary/aromatic N) is 1. The molecule has 4 atom stereocenters. The van der Waals surface area contributed by atoms with Gasteiger partial charge < -0.3 is 35.4 Å². The summed E-state index contributed by atoms with van der Waals surface area (Å²) < 4.78 is 0. The number of amides is 1. The Hall–Kier alpha value is -1.42. The summed E-state index contributed by atoms with van der Waals surface area (Å²) in [6.45, 7) is 0.606. The van der Waals surface area contributed by atoms with E-state index in [1.54, 1.807) is 0 Å². The molecule has 0 saturated carbocycles. The molecule has 0 fully saturated rings. The molecule has 0 bridgehead atoms. The van der Waals surface area contributed by atoms with Gasteiger partial charge in [-0.05, 0) is 30.5 Å². The fourth-order valence-electron chi connectivity index (χ4n) is 2.91. The molecule has 8 nitrogen and oxygen atoms in total. The lowest BCUT2D eigenvalue weighted by atomic mass is 10.0. The normalized spacial score (nSPS) is 15.1. The van der Waals surface area contributed by atoms with Crippen LogP contribution in [0.5, 0.6) is 0 Å². The standard InChI is InChI=1S/C20H30Cl2N2O6/c21-8-10-24(11-9-22)15-6-4-14(5-7-15)2-1-3-18(28)23-16(12-25)19(29)20(30)17(27)13-26/h4-7,12,16-17,19-20,26-27,29-30H,1-3,8-11,13H2,(H,23,28)/t16-,17-,19-,20-/m1/s1. The molecule has 0 unspecified atom stereocenters. The Labute approximate surface area is 186 Å². The van der Waals surface area contributed by atoms with E-state index >= 15 is 0 Å². The van der Waals surface area contributed by atoms with Crippen LogP contribution in [-0.2, 0) is 16.0 Å². The van der Waals surface area contributed by atoms with Crippen LogP contribution in [0.4, 0.5) is 5.69 Å². The van der Waals surface area contributed by atoms with Gasteiger partial charge in [0.15, 0.2) is 0 Å². The largest absolute Gasteiger partial charge is 0.394 e. The van der Waals surface area contributed by atoms with Crippen LogP contribution in [0.3, 0.4) is 0 Å². The van der Waals surface area contributed by atoms with Crippen molar-refractivity contribution >= 4 is 41.1 Å². The first-order chi connectivity index (χ1) is 14.4. The van der Waals surface area contributed by atoms with E-state index in [4.69, 9.17) is 28.3 Å². The van der Waals surface area contributed by atoms with Crippen LogP contribution >= 0.6 is 23.2 Å². The maximum absolute atomic E-state index is 12.0. The second-order valence-corrected chi connectivity index (χ2v) is 7.60. The quantitative estimate of drug-likeness (QED) is 0.183. The van der Waals surface area contributed by atoms with Gasteiger partial charge in [0.1, 0.15) is 30.6 Å². The fraction of sp³-hybridized carbons (Fsp3) is 0.600. The number of hydrogen-bond donors (Lipinski definition) is 5. The molecule has 5 N–H and O–H groups in total. The topological polar surface area (TPSA) is 130 Å². The van der Waals surface area contributed by atoms with Crippen LogP contribution < -0.4 is 10.2 Å². The van der Waals surface area contributed by atoms with Gasteiger partial charge in [-0.25, -0.2) is 0 Å². The molecule has 1 aromatic carbocycles. The van der Waals surface area contributed by atoms with Gasteiger partial charge in [0.05, 0.1) is 6.61 Å². The van der Waals surface area contributed by atoms with Gasteiger partial charge in [0.25, 0.3) is 0 Å². The molecule has 0 aliphatic rings. The second kappa shape index (κ2) is 14.6. The molecule has 1 amide bonds. The summed E-state index contributed by atoms with van der Waals surface area (Å²) in [5, 5.41) is 40.0. The minimum atomic E-state index is -1.76. The molecule has 0 aromatic heterocycles. The van der Waals surface area contributed by atoms with Crippen LogP contribution in [0.1, 0.15) is 18.4 Å². The van der Waals surface area contributed by atoms with Crippen LogP contribution in [0.2, 0.25) is 0 Å². The number of halogens is 2. The maximum atomic E-state index is 12.0. The number of benzene rings is 1. The molecule has 0 heterocycles. The Kier molecular flexibility index (Phi) is 12.9. The van der Waals surface area contributed by atoms with E-state index in [0.717, 1.165) is 11.3 Å². The third-order valence-corrected chi connectivity index (χ3v) is 4.99. The number of carbonyl (C=O) groups is 2. The zero-order valence-corrected chi connectivity index (χ0v) is 18.2. The summed E-state index contributed by atoms with van der Waals surface area (Å²) in [4.78, 5) is 25.3. The van der Waals surface area contributed by atoms with Crippen molar-refractivity contribution < 1.29 is 30.0 Å². The molecule has 1 rings (SSSR count). The van der Waals surface area contributed by atoms with Gasteiger partial charge in [0, 0.05) is 37.0 Å². The number of aliphatic hydroxyl groups excluding tert-OH is 4. The first-order valence-corrected chi connectivity index (χ1v) is 10.8. The Bertz CT molecular complexity index is 628. The number of alkyl halides is 2. The number of nitrogens with one attached hydrogen (secondary N) is 1. The lowest BCUT2D eigenvalue weighted by molar-refractivity contribution is -0.131. The van der Waals surface area contributed by atoms with Crippen LogP contribution in [-0.4, -0.2) is 88.4 Å². The minimum Gasteiger partial charge on any atom is -0.394 e. The highest BCUT2D eigenvalue weighted by molar-refractivity contribution is 6.18. The van der Waals surface area contributed by atoms with Crippen molar-refractivity contribution in [1.82, 2.24) is 5.32 Å². The first kappa shape index (κ1) is 26.6. The smallest absolute Gasteiger partial charge is 0.220 e. The van der Waals surface area contributed by atoms with Gasteiger partial charge in [-0.2, -0.15) is 0 Å². The van der Waals surface area contributed by atoms with Crippen LogP contribution in [0, 0.1) is 0 Å². The number of carbonyl (C=O) groups excluding carboxylic acids is 2. The summed E-state index contributed by atoms with van der Waals surface area (Å²) in [5.41, 5.74) is 2.06. The molecule has 0 aliphatic carbocycles. The summed E-state index contributed by atoms with van der Waals surface area (Å²) in [5.74, 6) is 0.532. The fourth-order valence-corrected chi connectivity index (χ4v) is 3.31. The van der Waals surface area contributed by atoms with E-state index in [-0.39, 0.29) is 12.7 Å². The minimum absolute atomic E-state index is 0.113. The lowest BCUT2D eigenvalue weighted by Gasteiger charge is -2.26. The Balaban J connectivity index is 2.50. The third-order valence-electron chi connectivity index (χ3n) is 4.65. The van der Waals surface area contributed by atoms with Crippen LogP contribution in [0.25, 0.3) is 0 Å². The number of rotatable bonds is 15. The van der Waals surface area contributed by atoms with Gasteiger partial charge in [-0.15, -0.1) is 23.2 Å². The monoisotopic (exact) mass is 464 g/mol. The first-order valence-electron chi connectivity index (χ1n) is 9.73. The third kappa shape index (κ3) is 8.75. The van der Waals surface area contributed by atoms with Crippen molar-refractivity contribution in [3.05, 3.63) is 29.8 Å². The predicted octanol–water partition coefficient (Wildman–Crippen LogP) is 0.0520. The number of aldehydes is 1. The molecule has 0 saturated heterocycles. The van der Waals surface area contributed by atoms with Gasteiger partial charge in [-0.3, -0.25) is 4.79 Å². The molecule has 10 heteroatoms. The number of anilines is 1. The van der Waals surface area contributed by atoms with Crippen molar-refractivity contribution in [2.45, 2.75) is 43.6 Å². The molecule has 0 radical (unpaired) electrons. The number of aliphatic hydroxyl groups is 4. The van der Waals surface area contributed by atoms with E-state index in [0.29, 0.717) is 37.7 Å². The predicted molar refractivity (Wildman–Crippen MR) is 116 cm³/mol. The molecular formula is C20H30Cl2N2O6. The van der Waals surface area contributed by atoms with Crippen molar-refractivity contribution in [3.63, 3.8) is 0 Å².